The highest BCUT2D eigenvalue weighted by molar-refractivity contribution is 7.13. The summed E-state index contributed by atoms with van der Waals surface area (Å²) in [6.45, 7) is 8.69. The van der Waals surface area contributed by atoms with Gasteiger partial charge in [-0.3, -0.25) is 4.90 Å². The van der Waals surface area contributed by atoms with Crippen LogP contribution >= 0.6 is 11.3 Å². The van der Waals surface area contributed by atoms with E-state index in [2.05, 4.69) is 35.6 Å². The van der Waals surface area contributed by atoms with Crippen molar-refractivity contribution < 1.29 is 13.2 Å². The van der Waals surface area contributed by atoms with Crippen molar-refractivity contribution >= 4 is 11.3 Å². The third kappa shape index (κ3) is 4.54. The lowest BCUT2D eigenvalue weighted by molar-refractivity contribution is -0.137. The van der Waals surface area contributed by atoms with Crippen LogP contribution in [0.3, 0.4) is 0 Å². The Morgan fingerprint density at radius 3 is 2.47 bits per heavy atom. The predicted molar refractivity (Wildman–Crippen MR) is 111 cm³/mol. The normalized spacial score (nSPS) is 15.3. The van der Waals surface area contributed by atoms with Gasteiger partial charge in [0.1, 0.15) is 10.8 Å². The first-order valence-corrected chi connectivity index (χ1v) is 10.7. The molecule has 0 spiro atoms. The Bertz CT molecular complexity index is 1040. The van der Waals surface area contributed by atoms with E-state index < -0.39 is 11.7 Å². The summed E-state index contributed by atoms with van der Waals surface area (Å²) in [4.78, 5) is 16.2. The largest absolute Gasteiger partial charge is 0.416 e. The monoisotopic (exact) mass is 432 g/mol. The van der Waals surface area contributed by atoms with Gasteiger partial charge in [0.25, 0.3) is 0 Å². The molecule has 4 rings (SSSR count). The molecule has 0 aliphatic carbocycles. The molecule has 0 atom stereocenters. The molecule has 158 valence electrons. The van der Waals surface area contributed by atoms with Crippen molar-refractivity contribution in [1.82, 2.24) is 19.9 Å². The fraction of sp³-hybridized carbons (Fsp3) is 0.409. The smallest absolute Gasteiger partial charge is 0.293 e. The number of rotatable bonds is 3. The number of halogens is 3. The summed E-state index contributed by atoms with van der Waals surface area (Å²) in [5.41, 5.74) is 3.17. The predicted octanol–water partition coefficient (Wildman–Crippen LogP) is 5.47. The maximum Gasteiger partial charge on any atom is 0.416 e. The molecule has 0 fully saturated rings. The number of alkyl halides is 3. The lowest BCUT2D eigenvalue weighted by Crippen LogP contribution is -2.32. The van der Waals surface area contributed by atoms with Crippen molar-refractivity contribution in [3.63, 3.8) is 0 Å². The van der Waals surface area contributed by atoms with Crippen LogP contribution in [0.5, 0.6) is 0 Å². The summed E-state index contributed by atoms with van der Waals surface area (Å²) in [6.07, 6.45) is -1.52. The topological polar surface area (TPSA) is 41.9 Å². The Morgan fingerprint density at radius 1 is 1.07 bits per heavy atom. The van der Waals surface area contributed by atoms with Crippen LogP contribution in [0.15, 0.2) is 35.8 Å². The molecule has 1 aliphatic heterocycles. The summed E-state index contributed by atoms with van der Waals surface area (Å²) >= 11 is 1.45. The Hall–Kier alpha value is -2.32. The van der Waals surface area contributed by atoms with Gasteiger partial charge in [-0.25, -0.2) is 15.0 Å². The second kappa shape index (κ2) is 7.74. The van der Waals surface area contributed by atoms with Crippen LogP contribution in [0.25, 0.3) is 10.6 Å². The zero-order valence-electron chi connectivity index (χ0n) is 17.1. The first kappa shape index (κ1) is 20.9. The van der Waals surface area contributed by atoms with Gasteiger partial charge in [0.2, 0.25) is 0 Å². The molecule has 1 aromatic carbocycles. The van der Waals surface area contributed by atoms with Crippen LogP contribution in [0, 0.1) is 0 Å². The summed E-state index contributed by atoms with van der Waals surface area (Å²) in [5.74, 6) is 0.871. The lowest BCUT2D eigenvalue weighted by atomic mass is 9.95. The van der Waals surface area contributed by atoms with E-state index in [4.69, 9.17) is 4.98 Å². The maximum absolute atomic E-state index is 12.7. The van der Waals surface area contributed by atoms with Crippen LogP contribution in [0.1, 0.15) is 49.1 Å². The van der Waals surface area contributed by atoms with Gasteiger partial charge < -0.3 is 0 Å². The SMILES string of the molecule is CC(C)(C)c1ncc2c(n1)CCN(Cc1csc(-c3ccc(C(F)(F)F)cc3)n1)C2. The Morgan fingerprint density at radius 2 is 1.80 bits per heavy atom. The third-order valence-corrected chi connectivity index (χ3v) is 6.02. The van der Waals surface area contributed by atoms with Crippen molar-refractivity contribution in [3.05, 3.63) is 64.2 Å². The van der Waals surface area contributed by atoms with E-state index in [0.29, 0.717) is 12.1 Å². The van der Waals surface area contributed by atoms with Gasteiger partial charge in [0.15, 0.2) is 0 Å². The average Bonchev–Trinajstić information content (AvgIpc) is 3.15. The highest BCUT2D eigenvalue weighted by Crippen LogP contribution is 2.32. The van der Waals surface area contributed by atoms with Gasteiger partial charge in [0.05, 0.1) is 11.3 Å². The minimum absolute atomic E-state index is 0.0680. The van der Waals surface area contributed by atoms with Gasteiger partial charge in [-0.1, -0.05) is 32.9 Å². The summed E-state index contributed by atoms with van der Waals surface area (Å²) in [5, 5.41) is 2.70. The highest BCUT2D eigenvalue weighted by Gasteiger charge is 2.30. The second-order valence-corrected chi connectivity index (χ2v) is 9.45. The standard InChI is InChI=1S/C22H23F3N4S/c1-21(2,3)20-26-10-15-11-29(9-8-18(15)28-20)12-17-13-30-19(27-17)14-4-6-16(7-5-14)22(23,24)25/h4-7,10,13H,8-9,11-12H2,1-3H3. The molecule has 0 saturated carbocycles. The molecular formula is C22H23F3N4S. The molecule has 0 saturated heterocycles. The van der Waals surface area contributed by atoms with Crippen LogP contribution in [0.4, 0.5) is 13.2 Å². The third-order valence-electron chi connectivity index (χ3n) is 5.08. The van der Waals surface area contributed by atoms with Crippen molar-refractivity contribution in [2.24, 2.45) is 0 Å². The first-order chi connectivity index (χ1) is 14.1. The number of thiazole rings is 1. The first-order valence-electron chi connectivity index (χ1n) is 9.79. The number of hydrogen-bond acceptors (Lipinski definition) is 5. The molecule has 3 heterocycles. The Labute approximate surface area is 177 Å². The molecule has 0 bridgehead atoms. The summed E-state index contributed by atoms with van der Waals surface area (Å²) < 4.78 is 38.2. The van der Waals surface area contributed by atoms with Crippen LogP contribution in [-0.2, 0) is 31.1 Å². The van der Waals surface area contributed by atoms with E-state index in [-0.39, 0.29) is 5.41 Å². The molecule has 0 N–H and O–H groups in total. The number of aromatic nitrogens is 3. The zero-order valence-corrected chi connectivity index (χ0v) is 17.9. The van der Waals surface area contributed by atoms with E-state index >= 15 is 0 Å². The fourth-order valence-electron chi connectivity index (χ4n) is 3.41. The van der Waals surface area contributed by atoms with E-state index in [9.17, 15) is 13.2 Å². The van der Waals surface area contributed by atoms with Crippen LogP contribution < -0.4 is 0 Å². The molecule has 3 aromatic rings. The molecule has 1 aliphatic rings. The number of hydrogen-bond donors (Lipinski definition) is 0. The van der Waals surface area contributed by atoms with Gasteiger partial charge in [0, 0.05) is 59.9 Å². The molecule has 30 heavy (non-hydrogen) atoms. The number of benzene rings is 1. The summed E-state index contributed by atoms with van der Waals surface area (Å²) in [7, 11) is 0. The van der Waals surface area contributed by atoms with Crippen molar-refractivity contribution in [2.45, 2.75) is 51.9 Å². The lowest BCUT2D eigenvalue weighted by Gasteiger charge is -2.28. The average molecular weight is 433 g/mol. The molecule has 2 aromatic heterocycles. The van der Waals surface area contributed by atoms with Gasteiger partial charge in [-0.05, 0) is 12.1 Å². The zero-order chi connectivity index (χ0) is 21.5. The Kier molecular flexibility index (Phi) is 5.40. The molecule has 4 nitrogen and oxygen atoms in total. The number of fused-ring (bicyclic) bond motifs is 1. The maximum atomic E-state index is 12.7. The van der Waals surface area contributed by atoms with Crippen LogP contribution in [0.2, 0.25) is 0 Å². The molecular weight excluding hydrogens is 409 g/mol. The highest BCUT2D eigenvalue weighted by atomic mass is 32.1. The minimum atomic E-state index is -4.32. The van der Waals surface area contributed by atoms with Gasteiger partial charge in [-0.2, -0.15) is 13.2 Å². The van der Waals surface area contributed by atoms with E-state index in [1.54, 1.807) is 0 Å². The van der Waals surface area contributed by atoms with Crippen molar-refractivity contribution in [3.8, 4) is 10.6 Å². The fourth-order valence-corrected chi connectivity index (χ4v) is 4.23. The van der Waals surface area contributed by atoms with Crippen molar-refractivity contribution in [1.29, 1.82) is 0 Å². The van der Waals surface area contributed by atoms with Crippen molar-refractivity contribution in [2.75, 3.05) is 6.54 Å². The molecule has 8 heteroatoms. The quantitative estimate of drug-likeness (QED) is 0.550. The summed E-state index contributed by atoms with van der Waals surface area (Å²) in [6, 6.07) is 5.16. The Balaban J connectivity index is 1.43. The van der Waals surface area contributed by atoms with E-state index in [1.165, 1.54) is 23.5 Å². The van der Waals surface area contributed by atoms with E-state index in [1.807, 2.05) is 11.6 Å². The van der Waals surface area contributed by atoms with E-state index in [0.717, 1.165) is 59.4 Å². The molecule has 0 radical (unpaired) electrons. The van der Waals surface area contributed by atoms with Gasteiger partial charge >= 0.3 is 6.18 Å². The number of nitrogens with zero attached hydrogens (tertiary/aromatic N) is 4. The molecule has 0 amide bonds. The molecule has 0 unspecified atom stereocenters. The second-order valence-electron chi connectivity index (χ2n) is 8.60. The van der Waals surface area contributed by atoms with Crippen LogP contribution in [-0.4, -0.2) is 26.4 Å². The van der Waals surface area contributed by atoms with Gasteiger partial charge in [-0.15, -0.1) is 11.3 Å². The minimum Gasteiger partial charge on any atom is -0.293 e.